The second-order valence-electron chi connectivity index (χ2n) is 8.57. The third-order valence-electron chi connectivity index (χ3n) is 6.47. The van der Waals surface area contributed by atoms with E-state index >= 15 is 0 Å². The van der Waals surface area contributed by atoms with E-state index in [1.54, 1.807) is 35.0 Å². The Hall–Kier alpha value is -3.42. The number of hydrogen-bond acceptors (Lipinski definition) is 5. The number of carbonyl (C=O) groups is 3. The lowest BCUT2D eigenvalue weighted by Crippen LogP contribution is -2.49. The van der Waals surface area contributed by atoms with Crippen LogP contribution in [0.2, 0.25) is 0 Å². The minimum absolute atomic E-state index is 0.0453. The number of piperazine rings is 1. The largest absolute Gasteiger partial charge is 0.355 e. The van der Waals surface area contributed by atoms with Crippen molar-refractivity contribution in [1.29, 1.82) is 0 Å². The van der Waals surface area contributed by atoms with Crippen molar-refractivity contribution >= 4 is 29.2 Å². The Morgan fingerprint density at radius 2 is 1.82 bits per heavy atom. The van der Waals surface area contributed by atoms with Crippen LogP contribution < -0.4 is 15.1 Å². The van der Waals surface area contributed by atoms with Gasteiger partial charge >= 0.3 is 0 Å². The highest BCUT2D eigenvalue weighted by molar-refractivity contribution is 6.08. The molecule has 0 aliphatic carbocycles. The van der Waals surface area contributed by atoms with Crippen LogP contribution in [0.4, 0.5) is 11.5 Å². The Labute approximate surface area is 194 Å². The summed E-state index contributed by atoms with van der Waals surface area (Å²) in [6.07, 6.45) is 4.18. The minimum Gasteiger partial charge on any atom is -0.355 e. The Balaban J connectivity index is 1.51. The van der Waals surface area contributed by atoms with Crippen LogP contribution in [0.3, 0.4) is 0 Å². The van der Waals surface area contributed by atoms with Crippen LogP contribution in [-0.4, -0.2) is 67.4 Å². The van der Waals surface area contributed by atoms with Crippen LogP contribution in [0.1, 0.15) is 51.6 Å². The maximum Gasteiger partial charge on any atom is 0.254 e. The third kappa shape index (κ3) is 4.55. The lowest BCUT2D eigenvalue weighted by molar-refractivity contribution is -0.117. The first-order chi connectivity index (χ1) is 15.9. The average Bonchev–Trinajstić information content (AvgIpc) is 3.28. The summed E-state index contributed by atoms with van der Waals surface area (Å²) < 4.78 is 0. The van der Waals surface area contributed by atoms with Crippen LogP contribution >= 0.6 is 0 Å². The molecule has 3 heterocycles. The van der Waals surface area contributed by atoms with Gasteiger partial charge in [0.2, 0.25) is 5.91 Å². The predicted octanol–water partition coefficient (Wildman–Crippen LogP) is 2.40. The minimum atomic E-state index is -0.332. The van der Waals surface area contributed by atoms with Gasteiger partial charge in [0, 0.05) is 58.1 Å². The molecule has 2 saturated heterocycles. The van der Waals surface area contributed by atoms with Crippen molar-refractivity contribution in [2.45, 2.75) is 33.1 Å². The summed E-state index contributed by atoms with van der Waals surface area (Å²) in [5, 5.41) is 2.62. The SMILES string of the molecule is CCc1cnc(N2CCN(C(=O)c3ccc(N4CCCC4=O)cc3C(=O)NC)CC2)c(C)c1. The zero-order chi connectivity index (χ0) is 23.5. The lowest BCUT2D eigenvalue weighted by atomic mass is 10.0. The number of carbonyl (C=O) groups excluding carboxylic acids is 3. The van der Waals surface area contributed by atoms with E-state index in [0.717, 1.165) is 24.2 Å². The van der Waals surface area contributed by atoms with Crippen LogP contribution in [0, 0.1) is 6.92 Å². The molecule has 174 valence electrons. The molecule has 2 aromatic rings. The fourth-order valence-electron chi connectivity index (χ4n) is 4.57. The maximum absolute atomic E-state index is 13.4. The van der Waals surface area contributed by atoms with E-state index in [9.17, 15) is 14.4 Å². The molecule has 1 aromatic heterocycles. The molecular weight excluding hydrogens is 418 g/mol. The normalized spacial score (nSPS) is 16.3. The zero-order valence-electron chi connectivity index (χ0n) is 19.6. The Kier molecular flexibility index (Phi) is 6.62. The van der Waals surface area contributed by atoms with Crippen molar-refractivity contribution in [2.75, 3.05) is 49.6 Å². The summed E-state index contributed by atoms with van der Waals surface area (Å²) in [7, 11) is 1.54. The molecule has 0 spiro atoms. The number of pyridine rings is 1. The van der Waals surface area contributed by atoms with E-state index in [1.165, 1.54) is 5.56 Å². The van der Waals surface area contributed by atoms with Gasteiger partial charge in [0.15, 0.2) is 0 Å². The molecule has 0 radical (unpaired) electrons. The molecule has 2 aliphatic rings. The smallest absolute Gasteiger partial charge is 0.254 e. The quantitative estimate of drug-likeness (QED) is 0.758. The van der Waals surface area contributed by atoms with Crippen molar-refractivity contribution in [1.82, 2.24) is 15.2 Å². The topological polar surface area (TPSA) is 85.9 Å². The molecule has 0 atom stereocenters. The number of aromatic nitrogens is 1. The predicted molar refractivity (Wildman–Crippen MR) is 128 cm³/mol. The molecule has 2 aliphatic heterocycles. The molecule has 0 unspecified atom stereocenters. The van der Waals surface area contributed by atoms with E-state index in [0.29, 0.717) is 56.0 Å². The van der Waals surface area contributed by atoms with E-state index in [2.05, 4.69) is 35.1 Å². The highest BCUT2D eigenvalue weighted by Crippen LogP contribution is 2.26. The fourth-order valence-corrected chi connectivity index (χ4v) is 4.57. The first kappa shape index (κ1) is 22.8. The number of amides is 3. The van der Waals surface area contributed by atoms with Crippen molar-refractivity contribution in [3.8, 4) is 0 Å². The zero-order valence-corrected chi connectivity index (χ0v) is 19.6. The second-order valence-corrected chi connectivity index (χ2v) is 8.57. The van der Waals surface area contributed by atoms with Gasteiger partial charge in [0.05, 0.1) is 11.1 Å². The molecule has 0 bridgehead atoms. The summed E-state index contributed by atoms with van der Waals surface area (Å²) in [6, 6.07) is 7.27. The summed E-state index contributed by atoms with van der Waals surface area (Å²) in [5.74, 6) is 0.508. The first-order valence-electron chi connectivity index (χ1n) is 11.6. The Morgan fingerprint density at radius 1 is 1.06 bits per heavy atom. The van der Waals surface area contributed by atoms with E-state index in [-0.39, 0.29) is 17.7 Å². The molecule has 8 nitrogen and oxygen atoms in total. The van der Waals surface area contributed by atoms with Crippen LogP contribution in [0.5, 0.6) is 0 Å². The molecule has 0 saturated carbocycles. The molecular formula is C25H31N5O3. The molecule has 1 N–H and O–H groups in total. The van der Waals surface area contributed by atoms with E-state index in [4.69, 9.17) is 0 Å². The third-order valence-corrected chi connectivity index (χ3v) is 6.47. The first-order valence-corrected chi connectivity index (χ1v) is 11.6. The summed E-state index contributed by atoms with van der Waals surface area (Å²) >= 11 is 0. The average molecular weight is 450 g/mol. The van der Waals surface area contributed by atoms with Gasteiger partial charge in [0.1, 0.15) is 5.82 Å². The summed E-state index contributed by atoms with van der Waals surface area (Å²) in [5.41, 5.74) is 3.68. The summed E-state index contributed by atoms with van der Waals surface area (Å²) in [6.45, 7) is 7.28. The standard InChI is InChI=1S/C25H31N5O3/c1-4-18-14-17(2)23(27-16-18)28-10-12-29(13-11-28)25(33)20-8-7-19(15-21(20)24(32)26-3)30-9-5-6-22(30)31/h7-8,14-16H,4-6,9-13H2,1-3H3,(H,26,32). The molecule has 1 aromatic carbocycles. The van der Waals surface area contributed by atoms with Crippen molar-refractivity contribution in [2.24, 2.45) is 0 Å². The molecule has 8 heteroatoms. The van der Waals surface area contributed by atoms with Gasteiger partial charge < -0.3 is 20.0 Å². The number of nitrogens with one attached hydrogen (secondary N) is 1. The number of benzene rings is 1. The number of anilines is 2. The second kappa shape index (κ2) is 9.60. The Morgan fingerprint density at radius 3 is 2.42 bits per heavy atom. The van der Waals surface area contributed by atoms with Gasteiger partial charge in [-0.2, -0.15) is 0 Å². The molecule has 3 amide bonds. The fraction of sp³-hybridized carbons (Fsp3) is 0.440. The molecule has 4 rings (SSSR count). The van der Waals surface area contributed by atoms with Gasteiger partial charge in [-0.1, -0.05) is 13.0 Å². The van der Waals surface area contributed by atoms with Gasteiger partial charge in [-0.3, -0.25) is 14.4 Å². The Bertz CT molecular complexity index is 1080. The van der Waals surface area contributed by atoms with Crippen LogP contribution in [-0.2, 0) is 11.2 Å². The summed E-state index contributed by atoms with van der Waals surface area (Å²) in [4.78, 5) is 48.4. The van der Waals surface area contributed by atoms with Gasteiger partial charge in [-0.05, 0) is 49.1 Å². The van der Waals surface area contributed by atoms with Crippen molar-refractivity contribution < 1.29 is 14.4 Å². The van der Waals surface area contributed by atoms with Gasteiger partial charge in [-0.15, -0.1) is 0 Å². The number of rotatable bonds is 5. The highest BCUT2D eigenvalue weighted by Gasteiger charge is 2.28. The number of nitrogens with zero attached hydrogens (tertiary/aromatic N) is 4. The van der Waals surface area contributed by atoms with E-state index < -0.39 is 0 Å². The van der Waals surface area contributed by atoms with Gasteiger partial charge in [0.25, 0.3) is 11.8 Å². The van der Waals surface area contributed by atoms with E-state index in [1.807, 2.05) is 6.20 Å². The maximum atomic E-state index is 13.4. The van der Waals surface area contributed by atoms with Crippen LogP contribution in [0.15, 0.2) is 30.5 Å². The monoisotopic (exact) mass is 449 g/mol. The van der Waals surface area contributed by atoms with Gasteiger partial charge in [-0.25, -0.2) is 4.98 Å². The highest BCUT2D eigenvalue weighted by atomic mass is 16.2. The van der Waals surface area contributed by atoms with Crippen LogP contribution in [0.25, 0.3) is 0 Å². The molecule has 2 fully saturated rings. The van der Waals surface area contributed by atoms with Crippen molar-refractivity contribution in [3.05, 3.63) is 52.7 Å². The lowest BCUT2D eigenvalue weighted by Gasteiger charge is -2.36. The number of hydrogen-bond donors (Lipinski definition) is 1. The number of aryl methyl sites for hydroxylation is 2. The van der Waals surface area contributed by atoms with Crippen molar-refractivity contribution in [3.63, 3.8) is 0 Å². The molecule has 33 heavy (non-hydrogen) atoms.